The number of urea groups is 1. The number of rotatable bonds is 8. The molecule has 0 radical (unpaired) electrons. The highest BCUT2D eigenvalue weighted by molar-refractivity contribution is 6.39. The summed E-state index contributed by atoms with van der Waals surface area (Å²) < 4.78 is 11.2. The van der Waals surface area contributed by atoms with E-state index < -0.39 is 17.8 Å². The van der Waals surface area contributed by atoms with E-state index in [0.29, 0.717) is 36.0 Å². The Morgan fingerprint density at radius 2 is 1.70 bits per heavy atom. The van der Waals surface area contributed by atoms with Crippen molar-refractivity contribution in [2.75, 3.05) is 18.1 Å². The van der Waals surface area contributed by atoms with E-state index in [1.54, 1.807) is 48.5 Å². The monoisotopic (exact) mass is 408 g/mol. The predicted octanol–water partition coefficient (Wildman–Crippen LogP) is 3.93. The van der Waals surface area contributed by atoms with E-state index in [1.807, 2.05) is 6.92 Å². The minimum absolute atomic E-state index is 0.148. The lowest BCUT2D eigenvalue weighted by Crippen LogP contribution is -2.54. The molecule has 7 nitrogen and oxygen atoms in total. The number of ether oxygens (including phenoxy) is 2. The molecule has 0 aromatic heterocycles. The molecular formula is C23H24N2O5. The van der Waals surface area contributed by atoms with Gasteiger partial charge in [0.1, 0.15) is 17.1 Å². The molecule has 1 aliphatic rings. The summed E-state index contributed by atoms with van der Waals surface area (Å²) in [6, 6.07) is 12.9. The summed E-state index contributed by atoms with van der Waals surface area (Å²) in [5, 5.41) is 2.22. The van der Waals surface area contributed by atoms with Gasteiger partial charge in [0.05, 0.1) is 18.9 Å². The summed E-state index contributed by atoms with van der Waals surface area (Å²) >= 11 is 0. The number of para-hydroxylation sites is 1. The maximum Gasteiger partial charge on any atom is 0.335 e. The third kappa shape index (κ3) is 4.68. The summed E-state index contributed by atoms with van der Waals surface area (Å²) in [5.74, 6) is -0.249. The van der Waals surface area contributed by atoms with Gasteiger partial charge in [-0.15, -0.1) is 0 Å². The summed E-state index contributed by atoms with van der Waals surface area (Å²) in [4.78, 5) is 38.7. The largest absolute Gasteiger partial charge is 0.494 e. The number of nitrogens with zero attached hydrogens (tertiary/aromatic N) is 1. The van der Waals surface area contributed by atoms with Gasteiger partial charge in [-0.1, -0.05) is 31.5 Å². The van der Waals surface area contributed by atoms with Crippen LogP contribution in [0.1, 0.15) is 32.3 Å². The van der Waals surface area contributed by atoms with E-state index in [1.165, 1.54) is 6.08 Å². The molecule has 1 fully saturated rings. The Morgan fingerprint density at radius 3 is 2.40 bits per heavy atom. The van der Waals surface area contributed by atoms with Crippen molar-refractivity contribution in [1.29, 1.82) is 0 Å². The molecule has 0 spiro atoms. The summed E-state index contributed by atoms with van der Waals surface area (Å²) in [7, 11) is 0. The molecular weight excluding hydrogens is 384 g/mol. The molecule has 0 unspecified atom stereocenters. The fourth-order valence-corrected chi connectivity index (χ4v) is 2.96. The van der Waals surface area contributed by atoms with Gasteiger partial charge < -0.3 is 9.47 Å². The van der Waals surface area contributed by atoms with Gasteiger partial charge in [0, 0.05) is 5.56 Å². The van der Waals surface area contributed by atoms with E-state index >= 15 is 0 Å². The van der Waals surface area contributed by atoms with Crippen molar-refractivity contribution in [2.24, 2.45) is 0 Å². The zero-order valence-corrected chi connectivity index (χ0v) is 17.0. The Kier molecular flexibility index (Phi) is 6.85. The van der Waals surface area contributed by atoms with Gasteiger partial charge in [-0.3, -0.25) is 14.9 Å². The number of nitrogens with one attached hydrogen (secondary N) is 1. The molecule has 1 saturated heterocycles. The van der Waals surface area contributed by atoms with E-state index in [2.05, 4.69) is 12.2 Å². The fraction of sp³-hybridized carbons (Fsp3) is 0.261. The zero-order chi connectivity index (χ0) is 21.5. The molecule has 156 valence electrons. The molecule has 1 aliphatic heterocycles. The Hall–Kier alpha value is -3.61. The molecule has 0 aliphatic carbocycles. The Labute approximate surface area is 175 Å². The second-order valence-corrected chi connectivity index (χ2v) is 6.62. The van der Waals surface area contributed by atoms with Crippen LogP contribution in [0.15, 0.2) is 54.1 Å². The smallest absolute Gasteiger partial charge is 0.335 e. The molecule has 4 amide bonds. The number of amides is 4. The van der Waals surface area contributed by atoms with Crippen molar-refractivity contribution >= 4 is 29.6 Å². The van der Waals surface area contributed by atoms with Crippen LogP contribution in [0.25, 0.3) is 6.08 Å². The van der Waals surface area contributed by atoms with Gasteiger partial charge in [-0.25, -0.2) is 9.69 Å². The minimum atomic E-state index is -0.792. The van der Waals surface area contributed by atoms with Gasteiger partial charge >= 0.3 is 6.03 Å². The number of carbonyl (C=O) groups is 3. The van der Waals surface area contributed by atoms with E-state index in [4.69, 9.17) is 9.47 Å². The fourth-order valence-electron chi connectivity index (χ4n) is 2.96. The second-order valence-electron chi connectivity index (χ2n) is 6.62. The average Bonchev–Trinajstić information content (AvgIpc) is 2.73. The van der Waals surface area contributed by atoms with E-state index in [-0.39, 0.29) is 5.57 Å². The Balaban J connectivity index is 1.88. The van der Waals surface area contributed by atoms with Crippen LogP contribution in [0.3, 0.4) is 0 Å². The number of benzene rings is 2. The molecule has 2 aromatic rings. The number of anilines is 1. The molecule has 1 heterocycles. The second kappa shape index (κ2) is 9.73. The van der Waals surface area contributed by atoms with Crippen molar-refractivity contribution < 1.29 is 23.9 Å². The lowest BCUT2D eigenvalue weighted by Gasteiger charge is -2.26. The van der Waals surface area contributed by atoms with Crippen molar-refractivity contribution in [1.82, 2.24) is 5.32 Å². The molecule has 7 heteroatoms. The van der Waals surface area contributed by atoms with Crippen LogP contribution in [-0.2, 0) is 9.59 Å². The van der Waals surface area contributed by atoms with Crippen LogP contribution in [0.2, 0.25) is 0 Å². The van der Waals surface area contributed by atoms with Crippen molar-refractivity contribution in [3.05, 3.63) is 59.7 Å². The van der Waals surface area contributed by atoms with Crippen molar-refractivity contribution in [3.63, 3.8) is 0 Å². The first kappa shape index (κ1) is 21.1. The number of hydrogen-bond donors (Lipinski definition) is 1. The maximum absolute atomic E-state index is 13.0. The number of hydrogen-bond acceptors (Lipinski definition) is 5. The predicted molar refractivity (Wildman–Crippen MR) is 113 cm³/mol. The van der Waals surface area contributed by atoms with Gasteiger partial charge in [0.2, 0.25) is 0 Å². The maximum atomic E-state index is 13.0. The lowest BCUT2D eigenvalue weighted by atomic mass is 10.1. The molecule has 30 heavy (non-hydrogen) atoms. The van der Waals surface area contributed by atoms with Crippen LogP contribution in [0.4, 0.5) is 10.5 Å². The van der Waals surface area contributed by atoms with Crippen molar-refractivity contribution in [3.8, 4) is 11.5 Å². The lowest BCUT2D eigenvalue weighted by molar-refractivity contribution is -0.122. The van der Waals surface area contributed by atoms with Crippen LogP contribution < -0.4 is 19.7 Å². The van der Waals surface area contributed by atoms with Crippen LogP contribution in [-0.4, -0.2) is 31.1 Å². The molecule has 3 rings (SSSR count). The van der Waals surface area contributed by atoms with Gasteiger partial charge in [-0.2, -0.15) is 0 Å². The highest BCUT2D eigenvalue weighted by Gasteiger charge is 2.37. The first-order valence-electron chi connectivity index (χ1n) is 9.91. The standard InChI is InChI=1S/C23H24N2O5/c1-3-5-14-30-18-12-10-17(11-13-18)25-22(27)19(21(26)24-23(25)28)15-16-8-6-7-9-20(16)29-4-2/h6-13,15H,3-5,14H2,1-2H3,(H,24,26,28)/b19-15-. The summed E-state index contributed by atoms with van der Waals surface area (Å²) in [5.41, 5.74) is 0.772. The number of unbranched alkanes of at least 4 members (excludes halogenated alkanes) is 1. The third-order valence-electron chi connectivity index (χ3n) is 4.48. The van der Waals surface area contributed by atoms with E-state index in [9.17, 15) is 14.4 Å². The third-order valence-corrected chi connectivity index (χ3v) is 4.48. The quantitative estimate of drug-likeness (QED) is 0.406. The normalized spacial score (nSPS) is 15.3. The summed E-state index contributed by atoms with van der Waals surface area (Å²) in [6.07, 6.45) is 3.40. The topological polar surface area (TPSA) is 84.9 Å². The molecule has 0 saturated carbocycles. The number of carbonyl (C=O) groups excluding carboxylic acids is 3. The zero-order valence-electron chi connectivity index (χ0n) is 17.0. The average molecular weight is 408 g/mol. The molecule has 0 bridgehead atoms. The van der Waals surface area contributed by atoms with Crippen LogP contribution in [0, 0.1) is 0 Å². The first-order chi connectivity index (χ1) is 14.5. The van der Waals surface area contributed by atoms with Gasteiger partial charge in [0.15, 0.2) is 0 Å². The van der Waals surface area contributed by atoms with Crippen molar-refractivity contribution in [2.45, 2.75) is 26.7 Å². The van der Waals surface area contributed by atoms with E-state index in [0.717, 1.165) is 17.7 Å². The first-order valence-corrected chi connectivity index (χ1v) is 9.91. The van der Waals surface area contributed by atoms with Crippen LogP contribution in [0.5, 0.6) is 11.5 Å². The molecule has 2 aromatic carbocycles. The Morgan fingerprint density at radius 1 is 0.967 bits per heavy atom. The number of barbiturate groups is 1. The van der Waals surface area contributed by atoms with Gasteiger partial charge in [-0.05, 0) is 49.8 Å². The molecule has 1 N–H and O–H groups in total. The minimum Gasteiger partial charge on any atom is -0.494 e. The Bertz CT molecular complexity index is 966. The van der Waals surface area contributed by atoms with Crippen LogP contribution >= 0.6 is 0 Å². The summed E-state index contributed by atoms with van der Waals surface area (Å²) in [6.45, 7) is 4.96. The van der Waals surface area contributed by atoms with Gasteiger partial charge in [0.25, 0.3) is 11.8 Å². The highest BCUT2D eigenvalue weighted by atomic mass is 16.5. The SMILES string of the molecule is CCCCOc1ccc(N2C(=O)NC(=O)/C(=C/c3ccccc3OCC)C2=O)cc1. The highest BCUT2D eigenvalue weighted by Crippen LogP contribution is 2.26. The molecule has 0 atom stereocenters. The number of imide groups is 2.